The molecular weight excluding hydrogens is 267 g/mol. The van der Waals surface area contributed by atoms with Crippen molar-refractivity contribution in [2.75, 3.05) is 17.8 Å². The molecule has 2 rings (SSSR count). The lowest BCUT2D eigenvalue weighted by Gasteiger charge is -2.03. The van der Waals surface area contributed by atoms with Gasteiger partial charge in [0.25, 0.3) is 0 Å². The Morgan fingerprint density at radius 2 is 2.42 bits per heavy atom. The van der Waals surface area contributed by atoms with Gasteiger partial charge in [0.05, 0.1) is 12.8 Å². The van der Waals surface area contributed by atoms with Crippen LogP contribution in [0.2, 0.25) is 0 Å². The number of nitrogens with two attached hydrogens (primary N) is 1. The maximum atomic E-state index is 13.7. The van der Waals surface area contributed by atoms with E-state index >= 15 is 0 Å². The lowest BCUT2D eigenvalue weighted by Crippen LogP contribution is -1.96. The first kappa shape index (κ1) is 13.3. The molecule has 0 unspecified atom stereocenters. The van der Waals surface area contributed by atoms with Crippen molar-refractivity contribution < 1.29 is 9.13 Å². The highest BCUT2D eigenvalue weighted by molar-refractivity contribution is 7.14. The van der Waals surface area contributed by atoms with E-state index < -0.39 is 5.82 Å². The van der Waals surface area contributed by atoms with Crippen molar-refractivity contribution in [1.82, 2.24) is 4.98 Å². The summed E-state index contributed by atoms with van der Waals surface area (Å²) in [5.41, 5.74) is 8.51. The summed E-state index contributed by atoms with van der Waals surface area (Å²) in [7, 11) is 0. The number of rotatable bonds is 5. The monoisotopic (exact) mass is 280 g/mol. The van der Waals surface area contributed by atoms with E-state index in [4.69, 9.17) is 10.5 Å². The Morgan fingerprint density at radius 1 is 1.58 bits per heavy atom. The molecule has 0 aliphatic carbocycles. The second kappa shape index (κ2) is 6.14. The molecule has 0 fully saturated rings. The number of nitrogens with one attached hydrogen (secondary N) is 1. The zero-order chi connectivity index (χ0) is 13.7. The lowest BCUT2D eigenvalue weighted by atomic mass is 10.2. The Kier molecular flexibility index (Phi) is 4.30. The molecular formula is C12H13FN4OS. The summed E-state index contributed by atoms with van der Waals surface area (Å²) in [6.45, 7) is 2.34. The molecule has 1 aromatic carbocycles. The second-order valence-electron chi connectivity index (χ2n) is 3.56. The molecule has 3 N–H and O–H groups in total. The van der Waals surface area contributed by atoms with E-state index in [-0.39, 0.29) is 0 Å². The topological polar surface area (TPSA) is 72.5 Å². The average Bonchev–Trinajstić information content (AvgIpc) is 2.78. The molecule has 0 aliphatic heterocycles. The van der Waals surface area contributed by atoms with Crippen molar-refractivity contribution in [3.8, 4) is 5.75 Å². The van der Waals surface area contributed by atoms with Crippen molar-refractivity contribution in [3.05, 3.63) is 35.0 Å². The van der Waals surface area contributed by atoms with E-state index in [0.717, 1.165) is 0 Å². The van der Waals surface area contributed by atoms with Crippen LogP contribution in [0.5, 0.6) is 5.75 Å². The molecule has 0 saturated carbocycles. The van der Waals surface area contributed by atoms with Gasteiger partial charge < -0.3 is 10.5 Å². The number of nitrogen functional groups attached to an aromatic ring is 1. The predicted octanol–water partition coefficient (Wildman–Crippen LogP) is 2.71. The summed E-state index contributed by atoms with van der Waals surface area (Å²) in [5.74, 6) is 0.530. The molecule has 0 aliphatic rings. The van der Waals surface area contributed by atoms with Gasteiger partial charge in [0.2, 0.25) is 5.13 Å². The van der Waals surface area contributed by atoms with Gasteiger partial charge in [-0.3, -0.25) is 5.43 Å². The first-order valence-electron chi connectivity index (χ1n) is 5.61. The quantitative estimate of drug-likeness (QED) is 0.652. The zero-order valence-corrected chi connectivity index (χ0v) is 11.1. The Labute approximate surface area is 113 Å². The molecule has 2 aromatic rings. The van der Waals surface area contributed by atoms with Gasteiger partial charge in [-0.15, -0.1) is 11.3 Å². The van der Waals surface area contributed by atoms with Crippen LogP contribution < -0.4 is 15.9 Å². The lowest BCUT2D eigenvalue weighted by molar-refractivity contribution is 0.338. The van der Waals surface area contributed by atoms with Crippen LogP contribution in [-0.2, 0) is 0 Å². The first-order chi connectivity index (χ1) is 9.19. The van der Waals surface area contributed by atoms with Gasteiger partial charge in [-0.1, -0.05) is 0 Å². The molecule has 0 bridgehead atoms. The number of hydrogen-bond acceptors (Lipinski definition) is 6. The van der Waals surface area contributed by atoms with Crippen LogP contribution >= 0.6 is 11.3 Å². The van der Waals surface area contributed by atoms with Crippen molar-refractivity contribution in [2.24, 2.45) is 5.10 Å². The number of aromatic nitrogens is 1. The first-order valence-corrected chi connectivity index (χ1v) is 6.49. The minimum Gasteiger partial charge on any atom is -0.494 e. The van der Waals surface area contributed by atoms with Crippen LogP contribution in [0.3, 0.4) is 0 Å². The Bertz CT molecular complexity index is 585. The third-order valence-electron chi connectivity index (χ3n) is 2.17. The number of hydrogen-bond donors (Lipinski definition) is 2. The Morgan fingerprint density at radius 3 is 3.05 bits per heavy atom. The zero-order valence-electron chi connectivity index (χ0n) is 10.3. The molecule has 7 heteroatoms. The van der Waals surface area contributed by atoms with Crippen LogP contribution in [0, 0.1) is 5.82 Å². The minimum absolute atomic E-state index is 0.362. The van der Waals surface area contributed by atoms with Crippen LogP contribution in [0.1, 0.15) is 12.5 Å². The largest absolute Gasteiger partial charge is 0.494 e. The SMILES string of the molecule is CCOc1ccc(C=NNc2nc(N)cs2)c(F)c1. The molecule has 0 radical (unpaired) electrons. The number of anilines is 2. The summed E-state index contributed by atoms with van der Waals surface area (Å²) in [6, 6.07) is 4.61. The van der Waals surface area contributed by atoms with Crippen LogP contribution in [0.15, 0.2) is 28.7 Å². The highest BCUT2D eigenvalue weighted by Gasteiger charge is 2.02. The van der Waals surface area contributed by atoms with E-state index in [1.165, 1.54) is 23.6 Å². The van der Waals surface area contributed by atoms with Gasteiger partial charge in [0.1, 0.15) is 17.4 Å². The van der Waals surface area contributed by atoms with Gasteiger partial charge in [-0.2, -0.15) is 5.10 Å². The third-order valence-corrected chi connectivity index (χ3v) is 2.93. The van der Waals surface area contributed by atoms with Crippen molar-refractivity contribution in [2.45, 2.75) is 6.92 Å². The average molecular weight is 280 g/mol. The van der Waals surface area contributed by atoms with E-state index in [2.05, 4.69) is 15.5 Å². The summed E-state index contributed by atoms with van der Waals surface area (Å²) in [5, 5.41) is 6.14. The number of hydrazone groups is 1. The number of thiazole rings is 1. The maximum absolute atomic E-state index is 13.7. The molecule has 0 amide bonds. The summed E-state index contributed by atoms with van der Waals surface area (Å²) < 4.78 is 18.9. The van der Waals surface area contributed by atoms with Crippen molar-refractivity contribution in [3.63, 3.8) is 0 Å². The Hall–Kier alpha value is -2.15. The van der Waals surface area contributed by atoms with Crippen molar-refractivity contribution in [1.29, 1.82) is 0 Å². The van der Waals surface area contributed by atoms with E-state index in [1.807, 2.05) is 6.92 Å². The van der Waals surface area contributed by atoms with Gasteiger partial charge in [-0.05, 0) is 19.1 Å². The number of nitrogens with zero attached hydrogens (tertiary/aromatic N) is 2. The highest BCUT2D eigenvalue weighted by Crippen LogP contribution is 2.17. The van der Waals surface area contributed by atoms with Gasteiger partial charge >= 0.3 is 0 Å². The van der Waals surface area contributed by atoms with Crippen LogP contribution in [-0.4, -0.2) is 17.8 Å². The molecule has 19 heavy (non-hydrogen) atoms. The fourth-order valence-corrected chi connectivity index (χ4v) is 1.91. The van der Waals surface area contributed by atoms with Gasteiger partial charge in [0.15, 0.2) is 0 Å². The third kappa shape index (κ3) is 3.65. The molecule has 1 aromatic heterocycles. The fraction of sp³-hybridized carbons (Fsp3) is 0.167. The van der Waals surface area contributed by atoms with E-state index in [1.54, 1.807) is 17.5 Å². The molecule has 100 valence electrons. The van der Waals surface area contributed by atoms with Crippen LogP contribution in [0.4, 0.5) is 15.3 Å². The van der Waals surface area contributed by atoms with Gasteiger partial charge in [0, 0.05) is 17.0 Å². The van der Waals surface area contributed by atoms with E-state index in [0.29, 0.717) is 28.9 Å². The van der Waals surface area contributed by atoms with E-state index in [9.17, 15) is 4.39 Å². The standard InChI is InChI=1S/C12H13FN4OS/c1-2-18-9-4-3-8(10(13)5-9)6-15-17-12-16-11(14)7-19-12/h3-7H,2,14H2,1H3,(H,16,17). The van der Waals surface area contributed by atoms with Crippen molar-refractivity contribution >= 4 is 28.5 Å². The molecule has 1 heterocycles. The maximum Gasteiger partial charge on any atom is 0.205 e. The Balaban J connectivity index is 2.02. The second-order valence-corrected chi connectivity index (χ2v) is 4.42. The summed E-state index contributed by atoms with van der Waals surface area (Å²) in [4.78, 5) is 3.96. The summed E-state index contributed by atoms with van der Waals surface area (Å²) in [6.07, 6.45) is 1.38. The minimum atomic E-state index is -0.393. The normalized spacial score (nSPS) is 10.8. The molecule has 0 saturated heterocycles. The van der Waals surface area contributed by atoms with Crippen LogP contribution in [0.25, 0.3) is 0 Å². The summed E-state index contributed by atoms with van der Waals surface area (Å²) >= 11 is 1.32. The molecule has 0 spiro atoms. The highest BCUT2D eigenvalue weighted by atomic mass is 32.1. The number of benzene rings is 1. The smallest absolute Gasteiger partial charge is 0.205 e. The molecule has 5 nitrogen and oxygen atoms in total. The number of halogens is 1. The fourth-order valence-electron chi connectivity index (χ4n) is 1.36. The number of ether oxygens (including phenoxy) is 1. The van der Waals surface area contributed by atoms with Gasteiger partial charge in [-0.25, -0.2) is 9.37 Å². The molecule has 0 atom stereocenters. The predicted molar refractivity (Wildman–Crippen MR) is 75.3 cm³/mol.